The summed E-state index contributed by atoms with van der Waals surface area (Å²) in [6.45, 7) is 2.28. The second-order valence-electron chi connectivity index (χ2n) is 3.40. The van der Waals surface area contributed by atoms with Gasteiger partial charge >= 0.3 is 0 Å². The van der Waals surface area contributed by atoms with Gasteiger partial charge in [0, 0.05) is 5.92 Å². The predicted molar refractivity (Wildman–Crippen MR) is 48.7 cm³/mol. The monoisotopic (exact) mass is 165 g/mol. The molecule has 12 heavy (non-hydrogen) atoms. The number of allylic oxidation sites excluding steroid dienone is 2. The van der Waals surface area contributed by atoms with Crippen molar-refractivity contribution in [2.75, 3.05) is 13.1 Å². The highest BCUT2D eigenvalue weighted by Crippen LogP contribution is 2.21. The zero-order valence-electron chi connectivity index (χ0n) is 7.20. The molecule has 0 aromatic carbocycles. The Bertz CT molecular complexity index is 192. The molecule has 0 saturated carbocycles. The maximum Gasteiger partial charge on any atom is 0.119 e. The molecule has 0 aromatic rings. The van der Waals surface area contributed by atoms with Gasteiger partial charge in [-0.1, -0.05) is 6.08 Å². The maximum absolute atomic E-state index is 5.52. The quantitative estimate of drug-likeness (QED) is 0.635. The van der Waals surface area contributed by atoms with E-state index in [4.69, 9.17) is 4.74 Å². The minimum Gasteiger partial charge on any atom is -0.494 e. The summed E-state index contributed by atoms with van der Waals surface area (Å²) in [6, 6.07) is 0. The molecule has 1 N–H and O–H groups in total. The molecule has 2 nitrogen and oxygen atoms in total. The van der Waals surface area contributed by atoms with Crippen molar-refractivity contribution < 1.29 is 4.74 Å². The normalized spacial score (nSPS) is 30.2. The molecule has 1 unspecified atom stereocenters. The number of hydrogen-bond donors (Lipinski definition) is 1. The number of rotatable bonds is 1. The summed E-state index contributed by atoms with van der Waals surface area (Å²) in [6.07, 6.45) is 10.8. The van der Waals surface area contributed by atoms with Crippen molar-refractivity contribution in [2.24, 2.45) is 5.92 Å². The van der Waals surface area contributed by atoms with Crippen LogP contribution < -0.4 is 5.32 Å². The highest BCUT2D eigenvalue weighted by atomic mass is 16.5. The fraction of sp³-hybridized carbons (Fsp3) is 0.600. The fourth-order valence-corrected chi connectivity index (χ4v) is 1.84. The molecule has 66 valence electrons. The summed E-state index contributed by atoms with van der Waals surface area (Å²) < 4.78 is 5.52. The summed E-state index contributed by atoms with van der Waals surface area (Å²) in [5.74, 6) is 0.715. The van der Waals surface area contributed by atoms with Crippen molar-refractivity contribution in [2.45, 2.75) is 18.9 Å². The van der Waals surface area contributed by atoms with Crippen LogP contribution in [0.25, 0.3) is 0 Å². The number of hydrogen-bond acceptors (Lipinski definition) is 2. The van der Waals surface area contributed by atoms with Crippen LogP contribution in [0.1, 0.15) is 12.8 Å². The van der Waals surface area contributed by atoms with Crippen LogP contribution in [0.2, 0.25) is 0 Å². The van der Waals surface area contributed by atoms with Crippen LogP contribution >= 0.6 is 0 Å². The maximum atomic E-state index is 5.52. The van der Waals surface area contributed by atoms with Crippen LogP contribution in [-0.4, -0.2) is 19.2 Å². The van der Waals surface area contributed by atoms with E-state index < -0.39 is 0 Å². The molecule has 0 aliphatic carbocycles. The van der Waals surface area contributed by atoms with E-state index in [1.165, 1.54) is 12.8 Å². The summed E-state index contributed by atoms with van der Waals surface area (Å²) in [7, 11) is 0. The van der Waals surface area contributed by atoms with Crippen molar-refractivity contribution in [1.29, 1.82) is 0 Å². The van der Waals surface area contributed by atoms with Crippen LogP contribution in [-0.2, 0) is 4.74 Å². The smallest absolute Gasteiger partial charge is 0.119 e. The first-order chi connectivity index (χ1) is 5.97. The fourth-order valence-electron chi connectivity index (χ4n) is 1.84. The Balaban J connectivity index is 1.90. The Morgan fingerprint density at radius 1 is 1.17 bits per heavy atom. The molecule has 1 fully saturated rings. The van der Waals surface area contributed by atoms with E-state index in [1.54, 1.807) is 6.26 Å². The van der Waals surface area contributed by atoms with Crippen LogP contribution in [0, 0.1) is 5.92 Å². The van der Waals surface area contributed by atoms with Gasteiger partial charge in [-0.25, -0.2) is 0 Å². The molecular formula is C10H15NO. The summed E-state index contributed by atoms with van der Waals surface area (Å²) in [5, 5.41) is 3.36. The summed E-state index contributed by atoms with van der Waals surface area (Å²) in [5.41, 5.74) is 0. The third kappa shape index (κ3) is 1.69. The molecule has 0 aromatic heterocycles. The lowest BCUT2D eigenvalue weighted by atomic mass is 9.91. The number of nitrogens with one attached hydrogen (secondary N) is 1. The van der Waals surface area contributed by atoms with E-state index >= 15 is 0 Å². The Kier molecular flexibility index (Phi) is 2.47. The third-order valence-corrected chi connectivity index (χ3v) is 2.57. The van der Waals surface area contributed by atoms with E-state index in [1.807, 2.05) is 6.08 Å². The van der Waals surface area contributed by atoms with Gasteiger partial charge in [0.2, 0.25) is 0 Å². The first-order valence-corrected chi connectivity index (χ1v) is 4.66. The first kappa shape index (κ1) is 7.87. The van der Waals surface area contributed by atoms with Gasteiger partial charge in [0.1, 0.15) is 6.10 Å². The van der Waals surface area contributed by atoms with Gasteiger partial charge in [-0.05, 0) is 38.1 Å². The van der Waals surface area contributed by atoms with E-state index in [2.05, 4.69) is 17.5 Å². The Labute approximate surface area is 73.3 Å². The molecule has 2 aliphatic heterocycles. The van der Waals surface area contributed by atoms with Crippen molar-refractivity contribution in [3.63, 3.8) is 0 Å². The lowest BCUT2D eigenvalue weighted by Crippen LogP contribution is -2.34. The first-order valence-electron chi connectivity index (χ1n) is 4.66. The van der Waals surface area contributed by atoms with Crippen LogP contribution in [0.4, 0.5) is 0 Å². The molecule has 2 aliphatic rings. The zero-order valence-corrected chi connectivity index (χ0v) is 7.20. The molecule has 0 amide bonds. The molecule has 0 radical (unpaired) electrons. The molecule has 1 atom stereocenters. The molecule has 0 bridgehead atoms. The van der Waals surface area contributed by atoms with Crippen LogP contribution in [0.5, 0.6) is 0 Å². The largest absolute Gasteiger partial charge is 0.494 e. The van der Waals surface area contributed by atoms with E-state index in [-0.39, 0.29) is 0 Å². The Morgan fingerprint density at radius 3 is 2.67 bits per heavy atom. The second kappa shape index (κ2) is 3.76. The van der Waals surface area contributed by atoms with Crippen molar-refractivity contribution in [3.8, 4) is 0 Å². The average molecular weight is 165 g/mol. The molecular weight excluding hydrogens is 150 g/mol. The molecule has 0 spiro atoms. The topological polar surface area (TPSA) is 21.3 Å². The molecule has 2 heteroatoms. The van der Waals surface area contributed by atoms with Crippen LogP contribution in [0.3, 0.4) is 0 Å². The van der Waals surface area contributed by atoms with Gasteiger partial charge in [0.15, 0.2) is 0 Å². The van der Waals surface area contributed by atoms with Gasteiger partial charge in [0.25, 0.3) is 0 Å². The summed E-state index contributed by atoms with van der Waals surface area (Å²) >= 11 is 0. The van der Waals surface area contributed by atoms with E-state index in [9.17, 15) is 0 Å². The predicted octanol–water partition coefficient (Wildman–Crippen LogP) is 1.45. The van der Waals surface area contributed by atoms with Crippen LogP contribution in [0.15, 0.2) is 24.5 Å². The Morgan fingerprint density at radius 2 is 2.00 bits per heavy atom. The van der Waals surface area contributed by atoms with Gasteiger partial charge in [-0.3, -0.25) is 0 Å². The minimum atomic E-state index is 0.331. The average Bonchev–Trinajstić information content (AvgIpc) is 2.21. The van der Waals surface area contributed by atoms with E-state index in [0.29, 0.717) is 12.0 Å². The highest BCUT2D eigenvalue weighted by molar-refractivity contribution is 5.09. The standard InChI is InChI=1S/C10H15NO/c1-2-8-12-10(3-1)9-4-6-11-7-5-9/h1-3,8-11H,4-7H2. The van der Waals surface area contributed by atoms with Gasteiger partial charge in [-0.15, -0.1) is 0 Å². The highest BCUT2D eigenvalue weighted by Gasteiger charge is 2.22. The number of ether oxygens (including phenoxy) is 1. The number of piperidine rings is 1. The lowest BCUT2D eigenvalue weighted by Gasteiger charge is -2.29. The SMILES string of the molecule is C1=COC(C2CCNCC2)C=C1. The molecule has 2 heterocycles. The lowest BCUT2D eigenvalue weighted by molar-refractivity contribution is 0.105. The second-order valence-corrected chi connectivity index (χ2v) is 3.40. The summed E-state index contributed by atoms with van der Waals surface area (Å²) in [4.78, 5) is 0. The third-order valence-electron chi connectivity index (χ3n) is 2.57. The van der Waals surface area contributed by atoms with Gasteiger partial charge in [-0.2, -0.15) is 0 Å². The van der Waals surface area contributed by atoms with Crippen molar-refractivity contribution in [1.82, 2.24) is 5.32 Å². The van der Waals surface area contributed by atoms with Crippen molar-refractivity contribution >= 4 is 0 Å². The van der Waals surface area contributed by atoms with Crippen molar-refractivity contribution in [3.05, 3.63) is 24.5 Å². The molecule has 1 saturated heterocycles. The Hall–Kier alpha value is -0.760. The zero-order chi connectivity index (χ0) is 8.23. The van der Waals surface area contributed by atoms with Gasteiger partial charge in [0.05, 0.1) is 6.26 Å². The minimum absolute atomic E-state index is 0.331. The molecule has 2 rings (SSSR count). The van der Waals surface area contributed by atoms with Gasteiger partial charge < -0.3 is 10.1 Å². The van der Waals surface area contributed by atoms with E-state index in [0.717, 1.165) is 13.1 Å².